The summed E-state index contributed by atoms with van der Waals surface area (Å²) in [6.07, 6.45) is 16.4. The lowest BCUT2D eigenvalue weighted by atomic mass is 9.88. The summed E-state index contributed by atoms with van der Waals surface area (Å²) in [4.78, 5) is 0. The van der Waals surface area contributed by atoms with Crippen LogP contribution in [0, 0.1) is 3.57 Å². The first-order valence-corrected chi connectivity index (χ1v) is 22.6. The molecular weight excluding hydrogens is 795 g/mol. The van der Waals surface area contributed by atoms with Gasteiger partial charge in [0.2, 0.25) is 0 Å². The number of unbranched alkanes of at least 4 members (excludes halogenated alkanes) is 10. The fourth-order valence-electron chi connectivity index (χ4n) is 7.28. The van der Waals surface area contributed by atoms with Crippen molar-refractivity contribution >= 4 is 54.9 Å². The van der Waals surface area contributed by atoms with Gasteiger partial charge in [-0.05, 0) is 135 Å². The molecule has 0 saturated carbocycles. The molecule has 0 unspecified atom stereocenters. The normalized spacial score (nSPS) is 11.5. The number of halogens is 1. The Bertz CT molecular complexity index is 1930. The highest BCUT2D eigenvalue weighted by Crippen LogP contribution is 2.50. The van der Waals surface area contributed by atoms with E-state index in [9.17, 15) is 0 Å². The Morgan fingerprint density at radius 1 is 0.400 bits per heavy atom. The Morgan fingerprint density at radius 2 is 0.891 bits per heavy atom. The minimum atomic E-state index is 0.630. The summed E-state index contributed by atoms with van der Waals surface area (Å²) in [5.74, 6) is 4.09. The maximum atomic E-state index is 6.89. The molecule has 5 nitrogen and oxygen atoms in total. The Hall–Kier alpha value is -3.39. The zero-order chi connectivity index (χ0) is 38.8. The quantitative estimate of drug-likeness (QED) is 0.0315. The second kappa shape index (κ2) is 23.0. The Kier molecular flexibility index (Phi) is 17.9. The number of hydrogen-bond acceptors (Lipinski definition) is 5. The third-order valence-electron chi connectivity index (χ3n) is 10.3. The van der Waals surface area contributed by atoms with Gasteiger partial charge in [-0.25, -0.2) is 0 Å². The zero-order valence-electron chi connectivity index (χ0n) is 34.3. The van der Waals surface area contributed by atoms with Crippen LogP contribution in [0.2, 0.25) is 0 Å². The second-order valence-electron chi connectivity index (χ2n) is 14.8. The van der Waals surface area contributed by atoms with Gasteiger partial charge in [-0.1, -0.05) is 117 Å². The molecule has 5 aromatic carbocycles. The topological polar surface area (TPSA) is 46.2 Å². The van der Waals surface area contributed by atoms with E-state index < -0.39 is 0 Å². The van der Waals surface area contributed by atoms with Crippen LogP contribution in [-0.2, 0) is 0 Å². The van der Waals surface area contributed by atoms with Gasteiger partial charge in [0, 0.05) is 8.96 Å². The second-order valence-corrected chi connectivity index (χ2v) is 16.0. The highest BCUT2D eigenvalue weighted by Gasteiger charge is 2.23. The minimum Gasteiger partial charge on any atom is -0.494 e. The number of rotatable bonds is 26. The van der Waals surface area contributed by atoms with Crippen molar-refractivity contribution in [1.82, 2.24) is 0 Å². The molecule has 55 heavy (non-hydrogen) atoms. The largest absolute Gasteiger partial charge is 0.494 e. The van der Waals surface area contributed by atoms with Crippen molar-refractivity contribution in [2.24, 2.45) is 0 Å². The molecule has 5 rings (SSSR count). The summed E-state index contributed by atoms with van der Waals surface area (Å²) >= 11 is 2.48. The van der Waals surface area contributed by atoms with Crippen molar-refractivity contribution in [1.29, 1.82) is 0 Å². The fraction of sp³-hybridized carbons (Fsp3) is 0.510. The lowest BCUT2D eigenvalue weighted by molar-refractivity contribution is 0.260. The van der Waals surface area contributed by atoms with Gasteiger partial charge in [0.05, 0.1) is 33.0 Å². The molecule has 0 aliphatic rings. The van der Waals surface area contributed by atoms with E-state index in [4.69, 9.17) is 23.7 Å². The number of fused-ring (bicyclic) bond motifs is 6. The molecular formula is C49H65IO5. The van der Waals surface area contributed by atoms with Crippen LogP contribution in [0.1, 0.15) is 131 Å². The molecule has 0 atom stereocenters. The van der Waals surface area contributed by atoms with Crippen molar-refractivity contribution in [2.45, 2.75) is 131 Å². The van der Waals surface area contributed by atoms with Gasteiger partial charge in [-0.15, -0.1) is 0 Å². The summed E-state index contributed by atoms with van der Waals surface area (Å²) in [7, 11) is 0. The lowest BCUT2D eigenvalue weighted by Crippen LogP contribution is -2.05. The van der Waals surface area contributed by atoms with Crippen LogP contribution in [-0.4, -0.2) is 33.0 Å². The third-order valence-corrected chi connectivity index (χ3v) is 11.3. The Labute approximate surface area is 344 Å². The first-order chi connectivity index (χ1) is 27.1. The van der Waals surface area contributed by atoms with Crippen LogP contribution in [0.15, 0.2) is 60.7 Å². The van der Waals surface area contributed by atoms with E-state index in [-0.39, 0.29) is 0 Å². The van der Waals surface area contributed by atoms with E-state index in [1.165, 1.54) is 14.5 Å². The molecule has 0 fully saturated rings. The highest BCUT2D eigenvalue weighted by atomic mass is 127. The van der Waals surface area contributed by atoms with Gasteiger partial charge in [0.15, 0.2) is 23.0 Å². The summed E-state index contributed by atoms with van der Waals surface area (Å²) in [5.41, 5.74) is 2.34. The molecule has 298 valence electrons. The van der Waals surface area contributed by atoms with Gasteiger partial charge in [0.25, 0.3) is 0 Å². The minimum absolute atomic E-state index is 0.630. The molecule has 0 aromatic heterocycles. The maximum Gasteiger partial charge on any atom is 0.169 e. The lowest BCUT2D eigenvalue weighted by Gasteiger charge is -2.22. The van der Waals surface area contributed by atoms with Gasteiger partial charge in [-0.3, -0.25) is 0 Å². The maximum absolute atomic E-state index is 6.89. The van der Waals surface area contributed by atoms with Crippen molar-refractivity contribution in [3.63, 3.8) is 0 Å². The van der Waals surface area contributed by atoms with Crippen LogP contribution in [0.5, 0.6) is 28.7 Å². The molecule has 0 bridgehead atoms. The zero-order valence-corrected chi connectivity index (χ0v) is 36.5. The number of ether oxygens (including phenoxy) is 5. The van der Waals surface area contributed by atoms with E-state index in [1.807, 2.05) is 0 Å². The van der Waals surface area contributed by atoms with Crippen molar-refractivity contribution in [2.75, 3.05) is 33.0 Å². The van der Waals surface area contributed by atoms with Crippen molar-refractivity contribution < 1.29 is 23.7 Å². The van der Waals surface area contributed by atoms with Crippen LogP contribution >= 0.6 is 22.6 Å². The predicted molar refractivity (Wildman–Crippen MR) is 242 cm³/mol. The van der Waals surface area contributed by atoms with E-state index in [2.05, 4.69) is 118 Å². The first-order valence-electron chi connectivity index (χ1n) is 21.5. The van der Waals surface area contributed by atoms with Gasteiger partial charge < -0.3 is 23.7 Å². The monoisotopic (exact) mass is 860 g/mol. The molecule has 0 amide bonds. The average molecular weight is 861 g/mol. The molecule has 0 N–H and O–H groups in total. The van der Waals surface area contributed by atoms with Gasteiger partial charge in [-0.2, -0.15) is 0 Å². The van der Waals surface area contributed by atoms with E-state index in [0.29, 0.717) is 33.0 Å². The SMILES string of the molecule is CCCCCOc1cc(-c2ccccc2I)c2c(c1)c1cc(OCCCCC)c(OCCCCC)cc1c1c(OCCCCC)c(OCCCCC)ccc21. The van der Waals surface area contributed by atoms with Gasteiger partial charge >= 0.3 is 0 Å². The van der Waals surface area contributed by atoms with Crippen molar-refractivity contribution in [3.8, 4) is 39.9 Å². The van der Waals surface area contributed by atoms with E-state index in [1.54, 1.807) is 0 Å². The summed E-state index contributed by atoms with van der Waals surface area (Å²) in [6, 6.07) is 22.0. The van der Waals surface area contributed by atoms with Crippen LogP contribution in [0.4, 0.5) is 0 Å². The van der Waals surface area contributed by atoms with Crippen LogP contribution in [0.3, 0.4) is 0 Å². The molecule has 0 saturated heterocycles. The van der Waals surface area contributed by atoms with Crippen LogP contribution in [0.25, 0.3) is 43.4 Å². The smallest absolute Gasteiger partial charge is 0.169 e. The molecule has 6 heteroatoms. The average Bonchev–Trinajstić information content (AvgIpc) is 3.20. The Morgan fingerprint density at radius 3 is 1.45 bits per heavy atom. The molecule has 5 aromatic rings. The van der Waals surface area contributed by atoms with Crippen molar-refractivity contribution in [3.05, 3.63) is 64.2 Å². The number of benzene rings is 5. The summed E-state index contributed by atoms with van der Waals surface area (Å²) in [5, 5.41) is 6.69. The summed E-state index contributed by atoms with van der Waals surface area (Å²) < 4.78 is 34.5. The fourth-order valence-corrected chi connectivity index (χ4v) is 7.95. The third kappa shape index (κ3) is 11.4. The van der Waals surface area contributed by atoms with Crippen LogP contribution < -0.4 is 23.7 Å². The highest BCUT2D eigenvalue weighted by molar-refractivity contribution is 14.1. The molecule has 0 spiro atoms. The molecule has 0 heterocycles. The standard InChI is InChI=1S/C49H65IO5/c1-6-11-18-27-51-36-32-40(37-23-16-17-24-43(37)50)47-38-25-26-44(52-28-19-12-7-2)49(55-31-22-15-10-5)48(38)42-35-46(54-30-21-14-9-4)45(53-29-20-13-8-3)34-39(42)41(47)33-36/h16-17,23-26,32-35H,6-15,18-22,27-31H2,1-5H3. The van der Waals surface area contributed by atoms with E-state index >= 15 is 0 Å². The molecule has 0 aliphatic heterocycles. The number of hydrogen-bond donors (Lipinski definition) is 0. The molecule has 0 aliphatic carbocycles. The first kappa shape index (κ1) is 42.7. The summed E-state index contributed by atoms with van der Waals surface area (Å²) in [6.45, 7) is 14.4. The Balaban J connectivity index is 1.87. The predicted octanol–water partition coefficient (Wildman–Crippen LogP) is 15.3. The molecule has 0 radical (unpaired) electrons. The van der Waals surface area contributed by atoms with E-state index in [0.717, 1.165) is 158 Å². The van der Waals surface area contributed by atoms with Gasteiger partial charge in [0.1, 0.15) is 5.75 Å².